The Labute approximate surface area is 133 Å². The fourth-order valence-electron chi connectivity index (χ4n) is 2.56. The Morgan fingerprint density at radius 3 is 2.61 bits per heavy atom. The molecule has 0 bridgehead atoms. The first-order valence-electron chi connectivity index (χ1n) is 7.45. The molecule has 0 aliphatic heterocycles. The molecule has 1 heterocycles. The Morgan fingerprint density at radius 2 is 1.87 bits per heavy atom. The van der Waals surface area contributed by atoms with Gasteiger partial charge in [0.2, 0.25) is 0 Å². The van der Waals surface area contributed by atoms with Crippen molar-refractivity contribution in [2.75, 3.05) is 13.7 Å². The molecule has 23 heavy (non-hydrogen) atoms. The van der Waals surface area contributed by atoms with Gasteiger partial charge in [-0.05, 0) is 42.8 Å². The van der Waals surface area contributed by atoms with Crippen LogP contribution in [0.4, 0.5) is 4.39 Å². The van der Waals surface area contributed by atoms with E-state index in [1.54, 1.807) is 29.9 Å². The van der Waals surface area contributed by atoms with Crippen LogP contribution in [-0.4, -0.2) is 23.3 Å². The minimum absolute atomic E-state index is 0.0916. The Balaban J connectivity index is 2.18. The number of para-hydroxylation sites is 1. The third-order valence-electron chi connectivity index (χ3n) is 3.69. The van der Waals surface area contributed by atoms with Crippen LogP contribution in [0.1, 0.15) is 6.42 Å². The fraction of sp³-hybridized carbons (Fsp3) is 0.222. The van der Waals surface area contributed by atoms with Crippen LogP contribution in [0, 0.1) is 5.82 Å². The number of nitrogens with zero attached hydrogens (tertiary/aromatic N) is 2. The lowest BCUT2D eigenvalue weighted by atomic mass is 10.1. The minimum atomic E-state index is -0.317. The number of fused-ring (bicyclic) bond motifs is 1. The molecule has 1 aromatic heterocycles. The Hall–Kier alpha value is -2.53. The van der Waals surface area contributed by atoms with Gasteiger partial charge in [0.1, 0.15) is 11.6 Å². The molecular formula is C18H17FN2O2. The molecule has 0 radical (unpaired) electrons. The molecule has 3 aromatic rings. The largest absolute Gasteiger partial charge is 0.385 e. The van der Waals surface area contributed by atoms with Crippen LogP contribution in [0.25, 0.3) is 22.3 Å². The quantitative estimate of drug-likeness (QED) is 0.679. The highest BCUT2D eigenvalue weighted by Crippen LogP contribution is 2.19. The van der Waals surface area contributed by atoms with Crippen molar-refractivity contribution in [2.45, 2.75) is 13.0 Å². The molecule has 118 valence electrons. The number of methoxy groups -OCH3 is 1. The van der Waals surface area contributed by atoms with Gasteiger partial charge >= 0.3 is 0 Å². The van der Waals surface area contributed by atoms with Gasteiger partial charge in [-0.1, -0.05) is 12.1 Å². The van der Waals surface area contributed by atoms with Crippen LogP contribution in [0.15, 0.2) is 53.3 Å². The lowest BCUT2D eigenvalue weighted by molar-refractivity contribution is 0.190. The highest BCUT2D eigenvalue weighted by Gasteiger charge is 2.12. The van der Waals surface area contributed by atoms with Crippen molar-refractivity contribution in [3.63, 3.8) is 0 Å². The molecule has 0 unspecified atom stereocenters. The van der Waals surface area contributed by atoms with Crippen molar-refractivity contribution in [1.82, 2.24) is 9.55 Å². The van der Waals surface area contributed by atoms with E-state index >= 15 is 0 Å². The summed E-state index contributed by atoms with van der Waals surface area (Å²) in [6.45, 7) is 1.05. The Bertz CT molecular complexity index is 872. The van der Waals surface area contributed by atoms with Crippen LogP contribution in [-0.2, 0) is 11.3 Å². The van der Waals surface area contributed by atoms with E-state index in [0.29, 0.717) is 41.9 Å². The number of hydrogen-bond donors (Lipinski definition) is 0. The second-order valence-corrected chi connectivity index (χ2v) is 5.26. The predicted octanol–water partition coefficient (Wildman–Crippen LogP) is 3.24. The standard InChI is InChI=1S/C18H17FN2O2/c1-23-12-4-11-21-17(13-7-9-14(19)10-8-13)20-16-6-3-2-5-15(16)18(21)22/h2-3,5-10H,4,11-12H2,1H3. The first-order chi connectivity index (χ1) is 11.2. The number of rotatable bonds is 5. The summed E-state index contributed by atoms with van der Waals surface area (Å²) in [5.41, 5.74) is 1.26. The summed E-state index contributed by atoms with van der Waals surface area (Å²) in [4.78, 5) is 17.4. The number of ether oxygens (including phenoxy) is 1. The van der Waals surface area contributed by atoms with Crippen molar-refractivity contribution in [3.05, 3.63) is 64.7 Å². The van der Waals surface area contributed by atoms with E-state index in [-0.39, 0.29) is 11.4 Å². The van der Waals surface area contributed by atoms with Gasteiger partial charge in [-0.25, -0.2) is 9.37 Å². The second kappa shape index (κ2) is 6.71. The van der Waals surface area contributed by atoms with Crippen molar-refractivity contribution in [3.8, 4) is 11.4 Å². The predicted molar refractivity (Wildman–Crippen MR) is 87.9 cm³/mol. The third-order valence-corrected chi connectivity index (χ3v) is 3.69. The third kappa shape index (κ3) is 3.14. The summed E-state index contributed by atoms with van der Waals surface area (Å²) < 4.78 is 19.9. The normalized spacial score (nSPS) is 11.0. The lowest BCUT2D eigenvalue weighted by Gasteiger charge is -2.13. The summed E-state index contributed by atoms with van der Waals surface area (Å²) in [7, 11) is 1.63. The Morgan fingerprint density at radius 1 is 1.13 bits per heavy atom. The first-order valence-corrected chi connectivity index (χ1v) is 7.45. The molecule has 0 saturated carbocycles. The highest BCUT2D eigenvalue weighted by atomic mass is 19.1. The minimum Gasteiger partial charge on any atom is -0.385 e. The van der Waals surface area contributed by atoms with Crippen LogP contribution < -0.4 is 5.56 Å². The molecule has 0 saturated heterocycles. The maximum Gasteiger partial charge on any atom is 0.261 e. The number of hydrogen-bond acceptors (Lipinski definition) is 3. The van der Waals surface area contributed by atoms with Crippen LogP contribution in [0.5, 0.6) is 0 Å². The van der Waals surface area contributed by atoms with Crippen molar-refractivity contribution < 1.29 is 9.13 Å². The van der Waals surface area contributed by atoms with Gasteiger partial charge in [-0.3, -0.25) is 9.36 Å². The lowest BCUT2D eigenvalue weighted by Crippen LogP contribution is -2.24. The molecule has 5 heteroatoms. The van der Waals surface area contributed by atoms with Crippen LogP contribution in [0.2, 0.25) is 0 Å². The molecule has 0 atom stereocenters. The van der Waals surface area contributed by atoms with Gasteiger partial charge < -0.3 is 4.74 Å². The van der Waals surface area contributed by atoms with Gasteiger partial charge in [0.05, 0.1) is 10.9 Å². The summed E-state index contributed by atoms with van der Waals surface area (Å²) >= 11 is 0. The zero-order valence-electron chi connectivity index (χ0n) is 12.8. The zero-order chi connectivity index (χ0) is 16.2. The molecule has 0 spiro atoms. The summed E-state index contributed by atoms with van der Waals surface area (Å²) in [6.07, 6.45) is 0.699. The van der Waals surface area contributed by atoms with E-state index < -0.39 is 0 Å². The maximum atomic E-state index is 13.2. The molecule has 0 fully saturated rings. The molecule has 4 nitrogen and oxygen atoms in total. The average molecular weight is 312 g/mol. The summed E-state index contributed by atoms with van der Waals surface area (Å²) in [6, 6.07) is 13.3. The van der Waals surface area contributed by atoms with Crippen molar-refractivity contribution in [2.24, 2.45) is 0 Å². The molecular weight excluding hydrogens is 295 g/mol. The van der Waals surface area contributed by atoms with E-state index in [1.165, 1.54) is 12.1 Å². The van der Waals surface area contributed by atoms with Crippen LogP contribution in [0.3, 0.4) is 0 Å². The van der Waals surface area contributed by atoms with E-state index in [2.05, 4.69) is 4.98 Å². The van der Waals surface area contributed by atoms with Gasteiger partial charge in [0.25, 0.3) is 5.56 Å². The number of aromatic nitrogens is 2. The summed E-state index contributed by atoms with van der Waals surface area (Å²) in [5, 5.41) is 0.579. The second-order valence-electron chi connectivity index (χ2n) is 5.26. The first kappa shape index (κ1) is 15.4. The molecule has 0 amide bonds. The van der Waals surface area contributed by atoms with Crippen molar-refractivity contribution >= 4 is 10.9 Å². The Kier molecular flexibility index (Phi) is 4.48. The number of benzene rings is 2. The highest BCUT2D eigenvalue weighted by molar-refractivity contribution is 5.79. The van der Waals surface area contributed by atoms with E-state index in [0.717, 1.165) is 0 Å². The molecule has 3 rings (SSSR count). The van der Waals surface area contributed by atoms with Gasteiger partial charge in [-0.2, -0.15) is 0 Å². The molecule has 0 aliphatic rings. The maximum absolute atomic E-state index is 13.2. The fourth-order valence-corrected chi connectivity index (χ4v) is 2.56. The average Bonchev–Trinajstić information content (AvgIpc) is 2.58. The zero-order valence-corrected chi connectivity index (χ0v) is 12.8. The van der Waals surface area contributed by atoms with Gasteiger partial charge in [-0.15, -0.1) is 0 Å². The van der Waals surface area contributed by atoms with Crippen molar-refractivity contribution in [1.29, 1.82) is 0 Å². The number of halogens is 1. The monoisotopic (exact) mass is 312 g/mol. The molecule has 2 aromatic carbocycles. The molecule has 0 N–H and O–H groups in total. The van der Waals surface area contributed by atoms with Gasteiger partial charge in [0.15, 0.2) is 0 Å². The topological polar surface area (TPSA) is 44.1 Å². The molecule has 0 aliphatic carbocycles. The van der Waals surface area contributed by atoms with Crippen LogP contribution >= 0.6 is 0 Å². The van der Waals surface area contributed by atoms with Gasteiger partial charge in [0, 0.05) is 25.8 Å². The van der Waals surface area contributed by atoms with E-state index in [1.807, 2.05) is 18.2 Å². The smallest absolute Gasteiger partial charge is 0.261 e. The SMILES string of the molecule is COCCCn1c(-c2ccc(F)cc2)nc2ccccc2c1=O. The van der Waals surface area contributed by atoms with E-state index in [9.17, 15) is 9.18 Å². The van der Waals surface area contributed by atoms with E-state index in [4.69, 9.17) is 4.74 Å². The summed E-state index contributed by atoms with van der Waals surface area (Å²) in [5.74, 6) is 0.229.